The van der Waals surface area contributed by atoms with Crippen molar-refractivity contribution in [1.82, 2.24) is 4.31 Å². The van der Waals surface area contributed by atoms with E-state index in [2.05, 4.69) is 20.8 Å². The van der Waals surface area contributed by atoms with Gasteiger partial charge in [0, 0.05) is 36.3 Å². The molecule has 0 aliphatic carbocycles. The van der Waals surface area contributed by atoms with Gasteiger partial charge in [-0.05, 0) is 40.5 Å². The van der Waals surface area contributed by atoms with Gasteiger partial charge < -0.3 is 10.6 Å². The quantitative estimate of drug-likeness (QED) is 0.821. The number of halogens is 1. The van der Waals surface area contributed by atoms with E-state index in [0.29, 0.717) is 26.2 Å². The molecule has 106 valence electrons. The van der Waals surface area contributed by atoms with Gasteiger partial charge in [-0.25, -0.2) is 8.42 Å². The van der Waals surface area contributed by atoms with Crippen LogP contribution in [-0.4, -0.2) is 45.2 Å². The Hall–Kier alpha value is -0.790. The van der Waals surface area contributed by atoms with Crippen LogP contribution in [0.4, 0.5) is 11.4 Å². The molecule has 0 atom stereocenters. The Balaban J connectivity index is 2.16. The van der Waals surface area contributed by atoms with E-state index in [1.165, 1.54) is 10.6 Å². The van der Waals surface area contributed by atoms with Crippen LogP contribution in [-0.2, 0) is 10.0 Å². The summed E-state index contributed by atoms with van der Waals surface area (Å²) < 4.78 is 25.4. The van der Waals surface area contributed by atoms with Crippen molar-refractivity contribution in [2.75, 3.05) is 43.1 Å². The number of piperazine rings is 1. The molecule has 1 saturated heterocycles. The molecule has 0 amide bonds. The first-order valence-corrected chi connectivity index (χ1v) is 8.69. The van der Waals surface area contributed by atoms with Crippen molar-refractivity contribution >= 4 is 37.3 Å². The number of rotatable bonds is 2. The molecule has 0 unspecified atom stereocenters. The normalized spacial score (nSPS) is 17.7. The van der Waals surface area contributed by atoms with Crippen molar-refractivity contribution in [2.24, 2.45) is 0 Å². The number of nitrogen functional groups attached to an aromatic ring is 1. The van der Waals surface area contributed by atoms with E-state index >= 15 is 0 Å². The highest BCUT2D eigenvalue weighted by atomic mass is 79.9. The molecule has 1 aromatic rings. The Bertz CT molecular complexity index is 581. The Kier molecular flexibility index (Phi) is 4.08. The monoisotopic (exact) mass is 347 g/mol. The number of aryl methyl sites for hydroxylation is 1. The van der Waals surface area contributed by atoms with Crippen LogP contribution in [0.1, 0.15) is 5.56 Å². The lowest BCUT2D eigenvalue weighted by molar-refractivity contribution is 0.388. The minimum absolute atomic E-state index is 0.523. The van der Waals surface area contributed by atoms with Crippen molar-refractivity contribution in [3.63, 3.8) is 0 Å². The Morgan fingerprint density at radius 1 is 1.21 bits per heavy atom. The maximum absolute atomic E-state index is 11.5. The summed E-state index contributed by atoms with van der Waals surface area (Å²) in [5.74, 6) is 0. The second kappa shape index (κ2) is 5.30. The Morgan fingerprint density at radius 3 is 2.32 bits per heavy atom. The summed E-state index contributed by atoms with van der Waals surface area (Å²) >= 11 is 3.52. The second-order valence-electron chi connectivity index (χ2n) is 4.81. The largest absolute Gasteiger partial charge is 0.398 e. The molecular weight excluding hydrogens is 330 g/mol. The smallest absolute Gasteiger partial charge is 0.211 e. The van der Waals surface area contributed by atoms with Crippen LogP contribution in [0.2, 0.25) is 0 Å². The van der Waals surface area contributed by atoms with Gasteiger partial charge in [-0.1, -0.05) is 0 Å². The van der Waals surface area contributed by atoms with Gasteiger partial charge in [0.1, 0.15) is 0 Å². The summed E-state index contributed by atoms with van der Waals surface area (Å²) in [5.41, 5.74) is 8.72. The van der Waals surface area contributed by atoms with Gasteiger partial charge >= 0.3 is 0 Å². The third kappa shape index (κ3) is 3.21. The highest BCUT2D eigenvalue weighted by molar-refractivity contribution is 9.10. The minimum atomic E-state index is -3.08. The molecule has 0 radical (unpaired) electrons. The molecule has 1 aromatic carbocycles. The number of nitrogens with zero attached hydrogens (tertiary/aromatic N) is 2. The van der Waals surface area contributed by atoms with Crippen molar-refractivity contribution in [1.29, 1.82) is 0 Å². The summed E-state index contributed by atoms with van der Waals surface area (Å²) in [7, 11) is -3.08. The topological polar surface area (TPSA) is 66.6 Å². The Labute approximate surface area is 122 Å². The van der Waals surface area contributed by atoms with E-state index < -0.39 is 10.0 Å². The number of nitrogens with two attached hydrogens (primary N) is 1. The van der Waals surface area contributed by atoms with Crippen LogP contribution in [0.5, 0.6) is 0 Å². The maximum atomic E-state index is 11.5. The van der Waals surface area contributed by atoms with E-state index in [-0.39, 0.29) is 0 Å². The van der Waals surface area contributed by atoms with E-state index in [1.807, 2.05) is 19.1 Å². The van der Waals surface area contributed by atoms with Gasteiger partial charge in [0.15, 0.2) is 0 Å². The number of anilines is 2. The van der Waals surface area contributed by atoms with Crippen LogP contribution in [0, 0.1) is 6.92 Å². The van der Waals surface area contributed by atoms with Gasteiger partial charge in [-0.15, -0.1) is 0 Å². The van der Waals surface area contributed by atoms with Gasteiger partial charge in [-0.2, -0.15) is 4.31 Å². The van der Waals surface area contributed by atoms with Gasteiger partial charge in [-0.3, -0.25) is 0 Å². The van der Waals surface area contributed by atoms with Crippen molar-refractivity contribution in [3.05, 3.63) is 22.2 Å². The van der Waals surface area contributed by atoms with E-state index in [1.54, 1.807) is 0 Å². The highest BCUT2D eigenvalue weighted by Gasteiger charge is 2.24. The van der Waals surface area contributed by atoms with Gasteiger partial charge in [0.05, 0.1) is 11.9 Å². The third-order valence-corrected chi connectivity index (χ3v) is 5.32. The van der Waals surface area contributed by atoms with Crippen molar-refractivity contribution < 1.29 is 8.42 Å². The fraction of sp³-hybridized carbons (Fsp3) is 0.500. The van der Waals surface area contributed by atoms with Crippen LogP contribution in [0.3, 0.4) is 0 Å². The number of hydrogen-bond donors (Lipinski definition) is 1. The van der Waals surface area contributed by atoms with Crippen LogP contribution in [0.15, 0.2) is 16.6 Å². The molecule has 0 saturated carbocycles. The summed E-state index contributed by atoms with van der Waals surface area (Å²) in [6.45, 7) is 4.39. The first kappa shape index (κ1) is 14.6. The fourth-order valence-corrected chi connectivity index (χ4v) is 3.62. The lowest BCUT2D eigenvalue weighted by Gasteiger charge is -2.35. The zero-order chi connectivity index (χ0) is 14.2. The molecular formula is C12H18BrN3O2S. The fourth-order valence-electron chi connectivity index (χ4n) is 2.18. The zero-order valence-corrected chi connectivity index (χ0v) is 13.5. The number of sulfonamides is 1. The lowest BCUT2D eigenvalue weighted by Crippen LogP contribution is -2.48. The Morgan fingerprint density at radius 2 is 1.79 bits per heavy atom. The molecule has 7 heteroatoms. The van der Waals surface area contributed by atoms with Crippen LogP contribution >= 0.6 is 15.9 Å². The third-order valence-electron chi connectivity index (χ3n) is 3.38. The average Bonchev–Trinajstić information content (AvgIpc) is 2.33. The highest BCUT2D eigenvalue weighted by Crippen LogP contribution is 2.31. The van der Waals surface area contributed by atoms with Gasteiger partial charge in [0.25, 0.3) is 0 Å². The molecule has 1 aliphatic heterocycles. The molecule has 1 fully saturated rings. The molecule has 2 N–H and O–H groups in total. The maximum Gasteiger partial charge on any atom is 0.211 e. The minimum Gasteiger partial charge on any atom is -0.398 e. The predicted molar refractivity (Wildman–Crippen MR) is 81.9 cm³/mol. The van der Waals surface area contributed by atoms with E-state index in [9.17, 15) is 8.42 Å². The van der Waals surface area contributed by atoms with Gasteiger partial charge in [0.2, 0.25) is 10.0 Å². The molecule has 0 spiro atoms. The predicted octanol–water partition coefficient (Wildman–Crippen LogP) is 1.42. The first-order chi connectivity index (χ1) is 8.79. The second-order valence-corrected chi connectivity index (χ2v) is 7.65. The van der Waals surface area contributed by atoms with E-state index in [4.69, 9.17) is 5.73 Å². The summed E-state index contributed by atoms with van der Waals surface area (Å²) in [6.07, 6.45) is 1.26. The molecule has 2 rings (SSSR count). The van der Waals surface area contributed by atoms with Crippen LogP contribution < -0.4 is 10.6 Å². The van der Waals surface area contributed by atoms with Crippen molar-refractivity contribution in [3.8, 4) is 0 Å². The molecule has 0 bridgehead atoms. The number of benzene rings is 1. The molecule has 19 heavy (non-hydrogen) atoms. The molecule has 5 nitrogen and oxygen atoms in total. The van der Waals surface area contributed by atoms with E-state index in [0.717, 1.165) is 21.4 Å². The zero-order valence-electron chi connectivity index (χ0n) is 11.1. The molecule has 0 aromatic heterocycles. The average molecular weight is 348 g/mol. The summed E-state index contributed by atoms with van der Waals surface area (Å²) in [4.78, 5) is 2.18. The first-order valence-electron chi connectivity index (χ1n) is 6.05. The van der Waals surface area contributed by atoms with Crippen molar-refractivity contribution in [2.45, 2.75) is 6.92 Å². The summed E-state index contributed by atoms with van der Waals surface area (Å²) in [6, 6.07) is 3.93. The summed E-state index contributed by atoms with van der Waals surface area (Å²) in [5, 5.41) is 0. The van der Waals surface area contributed by atoms with Crippen LogP contribution in [0.25, 0.3) is 0 Å². The molecule has 1 aliphatic rings. The number of hydrogen-bond acceptors (Lipinski definition) is 4. The standard InChI is InChI=1S/C12H18BrN3O2S/c1-9-7-12(10(13)8-11(9)14)15-3-5-16(6-4-15)19(2,17)18/h7-8H,3-6,14H2,1-2H3. The lowest BCUT2D eigenvalue weighted by atomic mass is 10.1. The SMILES string of the molecule is Cc1cc(N2CCN(S(C)(=O)=O)CC2)c(Br)cc1N. The molecule has 1 heterocycles.